The van der Waals surface area contributed by atoms with Gasteiger partial charge in [-0.05, 0) is 32.1 Å². The second-order valence-corrected chi connectivity index (χ2v) is 5.38. The molecule has 0 aliphatic heterocycles. The molecule has 1 atom stereocenters. The molecule has 5 heteroatoms. The molecule has 1 aromatic rings. The van der Waals surface area contributed by atoms with E-state index in [-0.39, 0.29) is 0 Å². The monoisotopic (exact) mass is 265 g/mol. The Bertz CT molecular complexity index is 337. The highest BCUT2D eigenvalue weighted by molar-refractivity contribution is 7.85. The summed E-state index contributed by atoms with van der Waals surface area (Å²) in [6.07, 6.45) is 0.838. The van der Waals surface area contributed by atoms with Crippen LogP contribution in [0.1, 0.15) is 6.42 Å². The van der Waals surface area contributed by atoms with Crippen molar-refractivity contribution in [2.75, 3.05) is 19.3 Å². The molecule has 0 saturated carbocycles. The Labute approximate surface area is 102 Å². The highest BCUT2D eigenvalue weighted by Gasteiger charge is 2.12. The minimum atomic E-state index is -1.11. The minimum absolute atomic E-state index is 0.477. The normalized spacial score (nSPS) is 12.7. The van der Waals surface area contributed by atoms with Crippen molar-refractivity contribution in [1.29, 1.82) is 0 Å². The zero-order chi connectivity index (χ0) is 11.3. The van der Waals surface area contributed by atoms with Crippen LogP contribution in [0.4, 0.5) is 0 Å². The number of benzene rings is 1. The molecule has 0 saturated heterocycles. The van der Waals surface area contributed by atoms with Crippen LogP contribution < -0.4 is 5.32 Å². The van der Waals surface area contributed by atoms with E-state index in [1.807, 2.05) is 7.05 Å². The fourth-order valence-electron chi connectivity index (χ4n) is 1.18. The summed E-state index contributed by atoms with van der Waals surface area (Å²) in [7, 11) is 0.755. The van der Waals surface area contributed by atoms with Gasteiger partial charge in [0.05, 0.1) is 25.7 Å². The molecule has 1 unspecified atom stereocenters. The van der Waals surface area contributed by atoms with Crippen LogP contribution in [0.5, 0.6) is 0 Å². The maximum absolute atomic E-state index is 11.9. The summed E-state index contributed by atoms with van der Waals surface area (Å²) in [5.74, 6) is 0.574. The Kier molecular flexibility index (Phi) is 5.61. The molecule has 15 heavy (non-hydrogen) atoms. The van der Waals surface area contributed by atoms with Gasteiger partial charge < -0.3 is 5.32 Å². The summed E-state index contributed by atoms with van der Waals surface area (Å²) >= 11 is 11.9. The Balaban J connectivity index is 2.73. The molecule has 0 bridgehead atoms. The van der Waals surface area contributed by atoms with Gasteiger partial charge in [-0.25, -0.2) is 0 Å². The number of nitrogens with one attached hydrogen (secondary N) is 1. The Hall–Kier alpha value is -0.0900. The van der Waals surface area contributed by atoms with E-state index in [2.05, 4.69) is 5.32 Å². The molecular weight excluding hydrogens is 253 g/mol. The van der Waals surface area contributed by atoms with E-state index in [9.17, 15) is 4.21 Å². The molecule has 2 nitrogen and oxygen atoms in total. The van der Waals surface area contributed by atoms with E-state index in [0.717, 1.165) is 13.0 Å². The average molecular weight is 266 g/mol. The third kappa shape index (κ3) is 3.76. The fraction of sp³-hybridized carbons (Fsp3) is 0.400. The smallest absolute Gasteiger partial charge is 0.0760 e. The predicted octanol–water partition coefficient (Wildman–Crippen LogP) is 2.71. The van der Waals surface area contributed by atoms with Crippen LogP contribution in [0.3, 0.4) is 0 Å². The minimum Gasteiger partial charge on any atom is -0.320 e. The van der Waals surface area contributed by atoms with Crippen molar-refractivity contribution in [3.05, 3.63) is 28.2 Å². The maximum Gasteiger partial charge on any atom is 0.0760 e. The number of hydrogen-bond donors (Lipinski definition) is 1. The molecule has 84 valence electrons. The molecule has 1 rings (SSSR count). The van der Waals surface area contributed by atoms with Gasteiger partial charge >= 0.3 is 0 Å². The van der Waals surface area contributed by atoms with Crippen molar-refractivity contribution >= 4 is 34.0 Å². The van der Waals surface area contributed by atoms with E-state index >= 15 is 0 Å². The lowest BCUT2D eigenvalue weighted by Crippen LogP contribution is -2.11. The molecular formula is C10H13Cl2NOS. The fourth-order valence-corrected chi connectivity index (χ4v) is 3.28. The average Bonchev–Trinajstić information content (AvgIpc) is 2.18. The van der Waals surface area contributed by atoms with E-state index in [1.54, 1.807) is 18.2 Å². The third-order valence-corrected chi connectivity index (χ3v) is 4.31. The molecule has 1 N–H and O–H groups in total. The van der Waals surface area contributed by atoms with Gasteiger partial charge in [-0.2, -0.15) is 0 Å². The number of rotatable bonds is 5. The van der Waals surface area contributed by atoms with Crippen LogP contribution in [0.2, 0.25) is 10.0 Å². The van der Waals surface area contributed by atoms with E-state index in [0.29, 0.717) is 20.7 Å². The highest BCUT2D eigenvalue weighted by atomic mass is 35.5. The summed E-state index contributed by atoms with van der Waals surface area (Å²) < 4.78 is 11.9. The summed E-state index contributed by atoms with van der Waals surface area (Å²) in [5, 5.41) is 3.96. The summed E-state index contributed by atoms with van der Waals surface area (Å²) in [6.45, 7) is 0.841. The Morgan fingerprint density at radius 2 is 1.93 bits per heavy atom. The molecule has 0 spiro atoms. The third-order valence-electron chi connectivity index (χ3n) is 1.90. The molecule has 0 fully saturated rings. The van der Waals surface area contributed by atoms with Gasteiger partial charge in [0.25, 0.3) is 0 Å². The van der Waals surface area contributed by atoms with E-state index in [1.165, 1.54) is 0 Å². The number of hydrogen-bond acceptors (Lipinski definition) is 2. The molecule has 1 aromatic carbocycles. The molecule has 0 amide bonds. The van der Waals surface area contributed by atoms with Crippen molar-refractivity contribution in [3.63, 3.8) is 0 Å². The topological polar surface area (TPSA) is 29.1 Å². The predicted molar refractivity (Wildman–Crippen MR) is 66.3 cm³/mol. The Morgan fingerprint density at radius 1 is 1.33 bits per heavy atom. The van der Waals surface area contributed by atoms with Crippen LogP contribution in [-0.2, 0) is 10.8 Å². The first-order valence-corrected chi connectivity index (χ1v) is 6.71. The van der Waals surface area contributed by atoms with Crippen LogP contribution >= 0.6 is 23.2 Å². The molecule has 0 aromatic heterocycles. The highest BCUT2D eigenvalue weighted by Crippen LogP contribution is 2.27. The van der Waals surface area contributed by atoms with Crippen LogP contribution in [0.25, 0.3) is 0 Å². The van der Waals surface area contributed by atoms with Gasteiger partial charge in [-0.15, -0.1) is 0 Å². The molecule has 0 aliphatic carbocycles. The standard InChI is InChI=1S/C10H13Cl2NOS/c1-13-6-3-7-15(14)10-8(11)4-2-5-9(10)12/h2,4-5,13H,3,6-7H2,1H3. The number of halogens is 2. The SMILES string of the molecule is CNCCCS(=O)c1c(Cl)cccc1Cl. The van der Waals surface area contributed by atoms with Gasteiger partial charge in [0.2, 0.25) is 0 Å². The molecule has 0 aliphatic rings. The molecule has 0 heterocycles. The van der Waals surface area contributed by atoms with Crippen molar-refractivity contribution in [2.45, 2.75) is 11.3 Å². The van der Waals surface area contributed by atoms with E-state index in [4.69, 9.17) is 23.2 Å². The second kappa shape index (κ2) is 6.48. The first-order valence-electron chi connectivity index (χ1n) is 4.64. The largest absolute Gasteiger partial charge is 0.320 e. The van der Waals surface area contributed by atoms with Crippen molar-refractivity contribution < 1.29 is 4.21 Å². The lowest BCUT2D eigenvalue weighted by atomic mass is 10.4. The first-order chi connectivity index (χ1) is 7.16. The zero-order valence-corrected chi connectivity index (χ0v) is 10.8. The summed E-state index contributed by atoms with van der Waals surface area (Å²) in [6, 6.07) is 5.16. The van der Waals surface area contributed by atoms with Crippen LogP contribution in [0, 0.1) is 0 Å². The van der Waals surface area contributed by atoms with Gasteiger partial charge in [0.15, 0.2) is 0 Å². The van der Waals surface area contributed by atoms with E-state index < -0.39 is 10.8 Å². The van der Waals surface area contributed by atoms with Gasteiger partial charge in [-0.1, -0.05) is 29.3 Å². The maximum atomic E-state index is 11.9. The quantitative estimate of drug-likeness (QED) is 0.830. The van der Waals surface area contributed by atoms with Crippen molar-refractivity contribution in [1.82, 2.24) is 5.32 Å². The summed E-state index contributed by atoms with van der Waals surface area (Å²) in [5.41, 5.74) is 0. The van der Waals surface area contributed by atoms with Crippen LogP contribution in [-0.4, -0.2) is 23.6 Å². The van der Waals surface area contributed by atoms with Crippen LogP contribution in [0.15, 0.2) is 23.1 Å². The van der Waals surface area contributed by atoms with Crippen molar-refractivity contribution in [2.24, 2.45) is 0 Å². The summed E-state index contributed by atoms with van der Waals surface area (Å²) in [4.78, 5) is 0.553. The zero-order valence-electron chi connectivity index (χ0n) is 8.43. The second-order valence-electron chi connectivity index (χ2n) is 3.06. The Morgan fingerprint density at radius 3 is 2.47 bits per heavy atom. The lowest BCUT2D eigenvalue weighted by Gasteiger charge is -2.06. The van der Waals surface area contributed by atoms with Gasteiger partial charge in [0.1, 0.15) is 0 Å². The van der Waals surface area contributed by atoms with Gasteiger partial charge in [0, 0.05) is 5.75 Å². The van der Waals surface area contributed by atoms with Gasteiger partial charge in [-0.3, -0.25) is 4.21 Å². The lowest BCUT2D eigenvalue weighted by molar-refractivity contribution is 0.677. The van der Waals surface area contributed by atoms with Crippen molar-refractivity contribution in [3.8, 4) is 0 Å². The first kappa shape index (κ1) is 13.0. The molecule has 0 radical (unpaired) electrons.